The third kappa shape index (κ3) is 4.63. The van der Waals surface area contributed by atoms with Crippen LogP contribution in [0.1, 0.15) is 6.92 Å². The van der Waals surface area contributed by atoms with Crippen LogP contribution in [0, 0.1) is 5.92 Å². The Labute approximate surface area is 230 Å². The summed E-state index contributed by atoms with van der Waals surface area (Å²) in [4.78, 5) is 4.83. The molecule has 0 aliphatic heterocycles. The summed E-state index contributed by atoms with van der Waals surface area (Å²) in [5, 5.41) is 3.53. The molecule has 1 aromatic heterocycles. The molecule has 1 aliphatic rings. The maximum atomic E-state index is 3.89. The predicted octanol–water partition coefficient (Wildman–Crippen LogP) is 10.4. The molecule has 0 saturated heterocycles. The molecular weight excluding hydrogens is 536 g/mol. The van der Waals surface area contributed by atoms with Crippen molar-refractivity contribution in [3.8, 4) is 0 Å². The fourth-order valence-corrected chi connectivity index (χ4v) is 6.82. The average molecular weight is 564 g/mol. The maximum absolute atomic E-state index is 3.89. The molecular formula is C33H27BrN2S. The first kappa shape index (κ1) is 23.8. The van der Waals surface area contributed by atoms with Gasteiger partial charge in [-0.05, 0) is 54.4 Å². The van der Waals surface area contributed by atoms with Crippen LogP contribution < -0.4 is 9.80 Å². The van der Waals surface area contributed by atoms with E-state index in [0.717, 1.165) is 17.1 Å². The Balaban J connectivity index is 1.52. The minimum atomic E-state index is 0.162. The van der Waals surface area contributed by atoms with Crippen molar-refractivity contribution in [3.05, 3.63) is 137 Å². The first-order chi connectivity index (χ1) is 18.2. The van der Waals surface area contributed by atoms with Gasteiger partial charge in [0.25, 0.3) is 0 Å². The van der Waals surface area contributed by atoms with Gasteiger partial charge in [0.05, 0.1) is 11.7 Å². The number of para-hydroxylation sites is 2. The number of nitrogens with zero attached hydrogens (tertiary/aromatic N) is 2. The summed E-state index contributed by atoms with van der Waals surface area (Å²) in [5.41, 5.74) is 5.80. The Morgan fingerprint density at radius 1 is 0.703 bits per heavy atom. The van der Waals surface area contributed by atoms with Crippen molar-refractivity contribution in [2.75, 3.05) is 9.80 Å². The molecule has 0 N–H and O–H groups in total. The van der Waals surface area contributed by atoms with Gasteiger partial charge in [0, 0.05) is 42.7 Å². The van der Waals surface area contributed by atoms with E-state index in [4.69, 9.17) is 0 Å². The molecule has 2 unspecified atom stereocenters. The number of rotatable bonds is 6. The standard InChI is InChI=1S/C33H27BrN2S/c1-24-12-10-20-30(34)33(24)36(26-15-6-3-7-16-26)28-18-11-17-27(22-28)35(25-13-4-2-5-14-25)31-23-37-32-21-9-8-19-29(31)32/h2-24,33H,1H3. The number of benzene rings is 4. The van der Waals surface area contributed by atoms with Crippen molar-refractivity contribution in [2.24, 2.45) is 5.92 Å². The molecule has 1 heterocycles. The number of hydrogen-bond acceptors (Lipinski definition) is 3. The second kappa shape index (κ2) is 10.4. The van der Waals surface area contributed by atoms with E-state index in [1.807, 2.05) is 0 Å². The van der Waals surface area contributed by atoms with Crippen molar-refractivity contribution in [1.82, 2.24) is 0 Å². The van der Waals surface area contributed by atoms with Crippen molar-refractivity contribution < 1.29 is 0 Å². The fourth-order valence-electron chi connectivity index (χ4n) is 5.12. The molecule has 0 saturated carbocycles. The van der Waals surface area contributed by atoms with Crippen LogP contribution in [0.25, 0.3) is 10.1 Å². The van der Waals surface area contributed by atoms with Crippen LogP contribution in [0.5, 0.6) is 0 Å². The first-order valence-corrected chi connectivity index (χ1v) is 14.2. The quantitative estimate of drug-likeness (QED) is 0.203. The van der Waals surface area contributed by atoms with Crippen LogP contribution in [0.15, 0.2) is 137 Å². The van der Waals surface area contributed by atoms with Gasteiger partial charge < -0.3 is 9.80 Å². The first-order valence-electron chi connectivity index (χ1n) is 12.5. The van der Waals surface area contributed by atoms with Crippen LogP contribution in [0.3, 0.4) is 0 Å². The minimum absolute atomic E-state index is 0.162. The van der Waals surface area contributed by atoms with Crippen LogP contribution in [0.2, 0.25) is 0 Å². The topological polar surface area (TPSA) is 6.48 Å². The molecule has 37 heavy (non-hydrogen) atoms. The Hall–Kier alpha value is -3.60. The average Bonchev–Trinajstić information content (AvgIpc) is 3.36. The summed E-state index contributed by atoms with van der Waals surface area (Å²) >= 11 is 5.68. The van der Waals surface area contributed by atoms with Gasteiger partial charge >= 0.3 is 0 Å². The lowest BCUT2D eigenvalue weighted by atomic mass is 9.94. The van der Waals surface area contributed by atoms with Gasteiger partial charge in [-0.2, -0.15) is 0 Å². The molecule has 182 valence electrons. The van der Waals surface area contributed by atoms with Gasteiger partial charge in [0.1, 0.15) is 0 Å². The second-order valence-corrected chi connectivity index (χ2v) is 11.1. The lowest BCUT2D eigenvalue weighted by Gasteiger charge is -2.38. The highest BCUT2D eigenvalue weighted by Gasteiger charge is 2.29. The second-order valence-electron chi connectivity index (χ2n) is 9.25. The van der Waals surface area contributed by atoms with E-state index in [1.54, 1.807) is 11.3 Å². The largest absolute Gasteiger partial charge is 0.333 e. The number of thiophene rings is 1. The molecule has 0 fully saturated rings. The highest BCUT2D eigenvalue weighted by molar-refractivity contribution is 9.11. The molecule has 5 aromatic rings. The number of allylic oxidation sites excluding steroid dienone is 2. The van der Waals surface area contributed by atoms with Crippen LogP contribution in [0.4, 0.5) is 28.4 Å². The van der Waals surface area contributed by atoms with E-state index in [0.29, 0.717) is 5.92 Å². The van der Waals surface area contributed by atoms with Gasteiger partial charge in [0.2, 0.25) is 0 Å². The zero-order valence-electron chi connectivity index (χ0n) is 20.5. The fraction of sp³-hybridized carbons (Fsp3) is 0.0909. The monoisotopic (exact) mass is 562 g/mol. The summed E-state index contributed by atoms with van der Waals surface area (Å²) in [5.74, 6) is 0.342. The van der Waals surface area contributed by atoms with Crippen molar-refractivity contribution >= 4 is 65.8 Å². The van der Waals surface area contributed by atoms with Gasteiger partial charge in [-0.3, -0.25) is 0 Å². The van der Waals surface area contributed by atoms with E-state index >= 15 is 0 Å². The molecule has 2 atom stereocenters. The summed E-state index contributed by atoms with van der Waals surface area (Å²) in [7, 11) is 0. The minimum Gasteiger partial charge on any atom is -0.333 e. The Morgan fingerprint density at radius 3 is 2.11 bits per heavy atom. The normalized spacial score (nSPS) is 17.0. The summed E-state index contributed by atoms with van der Waals surface area (Å²) < 4.78 is 2.47. The highest BCUT2D eigenvalue weighted by Crippen LogP contribution is 2.44. The van der Waals surface area contributed by atoms with E-state index in [9.17, 15) is 0 Å². The van der Waals surface area contributed by atoms with Crippen LogP contribution in [-0.4, -0.2) is 6.04 Å². The van der Waals surface area contributed by atoms with Gasteiger partial charge in [-0.1, -0.05) is 102 Å². The van der Waals surface area contributed by atoms with Crippen molar-refractivity contribution in [3.63, 3.8) is 0 Å². The maximum Gasteiger partial charge on any atom is 0.0716 e. The summed E-state index contributed by atoms with van der Waals surface area (Å²) in [6.45, 7) is 2.28. The van der Waals surface area contributed by atoms with Crippen LogP contribution >= 0.6 is 27.3 Å². The van der Waals surface area contributed by atoms with Gasteiger partial charge in [-0.25, -0.2) is 0 Å². The molecule has 4 aromatic carbocycles. The van der Waals surface area contributed by atoms with E-state index in [-0.39, 0.29) is 6.04 Å². The van der Waals surface area contributed by atoms with E-state index in [2.05, 4.69) is 165 Å². The predicted molar refractivity (Wildman–Crippen MR) is 164 cm³/mol. The summed E-state index contributed by atoms with van der Waals surface area (Å²) in [6.07, 6.45) is 6.59. The lowest BCUT2D eigenvalue weighted by molar-refractivity contribution is 0.604. The van der Waals surface area contributed by atoms with Gasteiger partial charge in [0.15, 0.2) is 0 Å². The smallest absolute Gasteiger partial charge is 0.0716 e. The molecule has 0 spiro atoms. The Morgan fingerprint density at radius 2 is 1.35 bits per heavy atom. The third-order valence-electron chi connectivity index (χ3n) is 6.85. The number of halogens is 1. The third-order valence-corrected chi connectivity index (χ3v) is 8.53. The highest BCUT2D eigenvalue weighted by atomic mass is 79.9. The van der Waals surface area contributed by atoms with E-state index in [1.165, 1.54) is 25.9 Å². The molecule has 2 nitrogen and oxygen atoms in total. The molecule has 0 radical (unpaired) electrons. The number of hydrogen-bond donors (Lipinski definition) is 0. The molecule has 0 amide bonds. The zero-order chi connectivity index (χ0) is 25.2. The Bertz CT molecular complexity index is 1570. The number of anilines is 5. The molecule has 6 rings (SSSR count). The van der Waals surface area contributed by atoms with Crippen LogP contribution in [-0.2, 0) is 0 Å². The van der Waals surface area contributed by atoms with Crippen molar-refractivity contribution in [1.29, 1.82) is 0 Å². The van der Waals surface area contributed by atoms with Gasteiger partial charge in [-0.15, -0.1) is 11.3 Å². The zero-order valence-corrected chi connectivity index (χ0v) is 22.9. The molecule has 0 bridgehead atoms. The Kier molecular flexibility index (Phi) is 6.69. The SMILES string of the molecule is CC1C=CC=C(Br)C1N(c1ccccc1)c1cccc(N(c2ccccc2)c2csc3ccccc23)c1. The van der Waals surface area contributed by atoms with Crippen molar-refractivity contribution in [2.45, 2.75) is 13.0 Å². The molecule has 4 heteroatoms. The number of fused-ring (bicyclic) bond motifs is 1. The summed E-state index contributed by atoms with van der Waals surface area (Å²) in [6, 6.07) is 39.1. The lowest BCUT2D eigenvalue weighted by Crippen LogP contribution is -2.37. The molecule has 1 aliphatic carbocycles. The van der Waals surface area contributed by atoms with E-state index < -0.39 is 0 Å².